The van der Waals surface area contributed by atoms with Crippen molar-refractivity contribution < 1.29 is 9.84 Å². The summed E-state index contributed by atoms with van der Waals surface area (Å²) in [5, 5.41) is 12.3. The van der Waals surface area contributed by atoms with Gasteiger partial charge in [0.2, 0.25) is 0 Å². The van der Waals surface area contributed by atoms with Crippen molar-refractivity contribution in [2.75, 3.05) is 13.2 Å². The number of nitrogens with one attached hydrogen (secondary N) is 1. The van der Waals surface area contributed by atoms with Crippen LogP contribution >= 0.6 is 15.9 Å². The van der Waals surface area contributed by atoms with Crippen molar-refractivity contribution in [3.63, 3.8) is 0 Å². The summed E-state index contributed by atoms with van der Waals surface area (Å²) < 4.78 is 7.09. The van der Waals surface area contributed by atoms with E-state index in [-0.39, 0.29) is 6.61 Å². The van der Waals surface area contributed by atoms with Crippen molar-refractivity contribution in [1.82, 2.24) is 5.32 Å². The number of aliphatic hydroxyl groups is 1. The van der Waals surface area contributed by atoms with E-state index < -0.39 is 0 Å². The Balaban J connectivity index is 1.92. The normalized spacial score (nSPS) is 14.6. The summed E-state index contributed by atoms with van der Waals surface area (Å²) in [6.07, 6.45) is 5.46. The maximum absolute atomic E-state index is 8.77. The maximum Gasteiger partial charge on any atom is 0.126 e. The van der Waals surface area contributed by atoms with Crippen LogP contribution in [0.25, 0.3) is 0 Å². The van der Waals surface area contributed by atoms with Gasteiger partial charge in [0.05, 0.1) is 6.61 Å². The van der Waals surface area contributed by atoms with Crippen LogP contribution < -0.4 is 10.1 Å². The molecule has 0 aromatic heterocycles. The zero-order valence-electron chi connectivity index (χ0n) is 12.1. The highest BCUT2D eigenvalue weighted by atomic mass is 79.9. The van der Waals surface area contributed by atoms with E-state index in [0.717, 1.165) is 42.6 Å². The van der Waals surface area contributed by atoms with Gasteiger partial charge >= 0.3 is 0 Å². The van der Waals surface area contributed by atoms with Gasteiger partial charge in [-0.3, -0.25) is 0 Å². The molecule has 3 nitrogen and oxygen atoms in total. The SMILES string of the molecule is Cc1cc(Br)cc(CNC2CC2)c1OCCCCCO. The van der Waals surface area contributed by atoms with Crippen LogP contribution in [0, 0.1) is 6.92 Å². The third-order valence-corrected chi connectivity index (χ3v) is 3.98. The Hall–Kier alpha value is -0.580. The van der Waals surface area contributed by atoms with Gasteiger partial charge in [-0.1, -0.05) is 15.9 Å². The van der Waals surface area contributed by atoms with Crippen molar-refractivity contribution in [2.24, 2.45) is 0 Å². The van der Waals surface area contributed by atoms with E-state index >= 15 is 0 Å². The first-order valence-electron chi connectivity index (χ1n) is 7.46. The molecule has 0 heterocycles. The summed E-state index contributed by atoms with van der Waals surface area (Å²) in [5.74, 6) is 1.02. The molecule has 1 aromatic carbocycles. The van der Waals surface area contributed by atoms with Gasteiger partial charge in [-0.2, -0.15) is 0 Å². The lowest BCUT2D eigenvalue weighted by Gasteiger charge is -2.15. The lowest BCUT2D eigenvalue weighted by Crippen LogP contribution is -2.16. The molecule has 2 rings (SSSR count). The number of ether oxygens (including phenoxy) is 1. The second-order valence-electron chi connectivity index (χ2n) is 5.50. The zero-order valence-corrected chi connectivity index (χ0v) is 13.7. The summed E-state index contributed by atoms with van der Waals surface area (Å²) in [6.45, 7) is 3.96. The Morgan fingerprint density at radius 3 is 2.80 bits per heavy atom. The highest BCUT2D eigenvalue weighted by Gasteiger charge is 2.21. The number of unbranched alkanes of at least 4 members (excludes halogenated alkanes) is 2. The Bertz CT molecular complexity index is 433. The highest BCUT2D eigenvalue weighted by molar-refractivity contribution is 9.10. The number of hydrogen-bond acceptors (Lipinski definition) is 3. The molecule has 2 N–H and O–H groups in total. The molecule has 112 valence electrons. The molecule has 20 heavy (non-hydrogen) atoms. The van der Waals surface area contributed by atoms with E-state index in [1.807, 2.05) is 0 Å². The molecule has 1 aliphatic carbocycles. The van der Waals surface area contributed by atoms with E-state index in [2.05, 4.69) is 40.3 Å². The molecule has 0 saturated heterocycles. The third-order valence-electron chi connectivity index (χ3n) is 3.52. The number of halogens is 1. The lowest BCUT2D eigenvalue weighted by molar-refractivity contribution is 0.264. The molecule has 1 aromatic rings. The van der Waals surface area contributed by atoms with Gasteiger partial charge in [0.15, 0.2) is 0 Å². The van der Waals surface area contributed by atoms with Gasteiger partial charge < -0.3 is 15.2 Å². The topological polar surface area (TPSA) is 41.5 Å². The number of benzene rings is 1. The fourth-order valence-corrected chi connectivity index (χ4v) is 2.86. The molecule has 0 bridgehead atoms. The third kappa shape index (κ3) is 5.08. The fourth-order valence-electron chi connectivity index (χ4n) is 2.24. The van der Waals surface area contributed by atoms with E-state index in [9.17, 15) is 0 Å². The predicted molar refractivity (Wildman–Crippen MR) is 85.2 cm³/mol. The Morgan fingerprint density at radius 2 is 2.10 bits per heavy atom. The number of aryl methyl sites for hydroxylation is 1. The van der Waals surface area contributed by atoms with Gasteiger partial charge in [-0.05, 0) is 56.7 Å². The maximum atomic E-state index is 8.77. The summed E-state index contributed by atoms with van der Waals surface area (Å²) >= 11 is 3.56. The molecule has 0 aliphatic heterocycles. The van der Waals surface area contributed by atoms with Crippen LogP contribution in [0.2, 0.25) is 0 Å². The fraction of sp³-hybridized carbons (Fsp3) is 0.625. The average Bonchev–Trinajstić information content (AvgIpc) is 3.22. The quantitative estimate of drug-likeness (QED) is 0.675. The summed E-state index contributed by atoms with van der Waals surface area (Å²) in [4.78, 5) is 0. The largest absolute Gasteiger partial charge is 0.493 e. The second-order valence-corrected chi connectivity index (χ2v) is 6.41. The van der Waals surface area contributed by atoms with Crippen molar-refractivity contribution in [3.8, 4) is 5.75 Å². The van der Waals surface area contributed by atoms with E-state index in [1.54, 1.807) is 0 Å². The molecule has 1 saturated carbocycles. The Morgan fingerprint density at radius 1 is 1.30 bits per heavy atom. The molecule has 1 aliphatic rings. The van der Waals surface area contributed by atoms with Crippen LogP contribution in [0.3, 0.4) is 0 Å². The van der Waals surface area contributed by atoms with Crippen LogP contribution in [0.15, 0.2) is 16.6 Å². The van der Waals surface area contributed by atoms with Crippen molar-refractivity contribution in [1.29, 1.82) is 0 Å². The first kappa shape index (κ1) is 15.8. The molecule has 4 heteroatoms. The van der Waals surface area contributed by atoms with Crippen LogP contribution in [-0.2, 0) is 6.54 Å². The van der Waals surface area contributed by atoms with Crippen molar-refractivity contribution >= 4 is 15.9 Å². The van der Waals surface area contributed by atoms with Gasteiger partial charge in [0.25, 0.3) is 0 Å². The minimum Gasteiger partial charge on any atom is -0.493 e. The van der Waals surface area contributed by atoms with Gasteiger partial charge in [0.1, 0.15) is 5.75 Å². The number of aliphatic hydroxyl groups excluding tert-OH is 1. The predicted octanol–water partition coefficient (Wildman–Crippen LogP) is 3.55. The molecule has 0 amide bonds. The highest BCUT2D eigenvalue weighted by Crippen LogP contribution is 2.29. The molecule has 0 atom stereocenters. The van der Waals surface area contributed by atoms with E-state index in [4.69, 9.17) is 9.84 Å². The average molecular weight is 342 g/mol. The van der Waals surface area contributed by atoms with E-state index in [0.29, 0.717) is 6.04 Å². The van der Waals surface area contributed by atoms with Crippen molar-refractivity contribution in [2.45, 2.75) is 51.6 Å². The van der Waals surface area contributed by atoms with E-state index in [1.165, 1.54) is 24.0 Å². The molecular formula is C16H24BrNO2. The standard InChI is InChI=1S/C16H24BrNO2/c1-12-9-14(17)10-13(11-18-15-5-6-15)16(12)20-8-4-2-3-7-19/h9-10,15,18-19H,2-8,11H2,1H3. The summed E-state index contributed by atoms with van der Waals surface area (Å²) in [7, 11) is 0. The first-order chi connectivity index (χ1) is 9.70. The lowest BCUT2D eigenvalue weighted by atomic mass is 10.1. The Kier molecular flexibility index (Phi) is 6.33. The second kappa shape index (κ2) is 8.01. The van der Waals surface area contributed by atoms with Crippen LogP contribution in [0.5, 0.6) is 5.75 Å². The molecule has 1 fully saturated rings. The monoisotopic (exact) mass is 341 g/mol. The Labute approximate surface area is 129 Å². The summed E-state index contributed by atoms with van der Waals surface area (Å²) in [5.41, 5.74) is 2.40. The number of hydrogen-bond donors (Lipinski definition) is 2. The van der Waals surface area contributed by atoms with Gasteiger partial charge in [0, 0.05) is 29.2 Å². The van der Waals surface area contributed by atoms with Gasteiger partial charge in [-0.25, -0.2) is 0 Å². The smallest absolute Gasteiger partial charge is 0.126 e. The summed E-state index contributed by atoms with van der Waals surface area (Å²) in [6, 6.07) is 4.95. The van der Waals surface area contributed by atoms with Gasteiger partial charge in [-0.15, -0.1) is 0 Å². The minimum atomic E-state index is 0.272. The van der Waals surface area contributed by atoms with Crippen LogP contribution in [0.1, 0.15) is 43.2 Å². The van der Waals surface area contributed by atoms with Crippen molar-refractivity contribution in [3.05, 3.63) is 27.7 Å². The molecular weight excluding hydrogens is 318 g/mol. The molecule has 0 unspecified atom stereocenters. The number of rotatable bonds is 9. The van der Waals surface area contributed by atoms with Crippen LogP contribution in [-0.4, -0.2) is 24.4 Å². The van der Waals surface area contributed by atoms with Crippen LogP contribution in [0.4, 0.5) is 0 Å². The minimum absolute atomic E-state index is 0.272. The first-order valence-corrected chi connectivity index (χ1v) is 8.26. The zero-order chi connectivity index (χ0) is 14.4. The molecule has 0 spiro atoms. The molecule has 0 radical (unpaired) electrons.